The molecule has 0 aliphatic rings. The van der Waals surface area contributed by atoms with Crippen molar-refractivity contribution in [1.82, 2.24) is 9.97 Å². The Bertz CT molecular complexity index is 1000. The summed E-state index contributed by atoms with van der Waals surface area (Å²) in [5, 5.41) is 4.94. The summed E-state index contributed by atoms with van der Waals surface area (Å²) in [6.07, 6.45) is -9.81. The van der Waals surface area contributed by atoms with Crippen molar-refractivity contribution in [2.75, 3.05) is 13.2 Å². The van der Waals surface area contributed by atoms with Crippen molar-refractivity contribution in [2.45, 2.75) is 24.2 Å². The zero-order valence-electron chi connectivity index (χ0n) is 14.8. The molecule has 1 aromatic heterocycles. The molecule has 0 saturated heterocycles. The van der Waals surface area contributed by atoms with E-state index in [-0.39, 0.29) is 5.56 Å². The summed E-state index contributed by atoms with van der Waals surface area (Å²) in [6.45, 7) is -2.41. The normalized spacial score (nSPS) is 12.7. The molecule has 30 heavy (non-hydrogen) atoms. The quantitative estimate of drug-likeness (QED) is 0.578. The number of hydrogen-bond acceptors (Lipinski definition) is 6. The van der Waals surface area contributed by atoms with Crippen molar-refractivity contribution in [1.29, 1.82) is 0 Å². The first-order valence-corrected chi connectivity index (χ1v) is 10.0. The number of nitrogens with zero attached hydrogens (tertiary/aromatic N) is 2. The molecule has 0 unspecified atom stereocenters. The third-order valence-electron chi connectivity index (χ3n) is 3.34. The Labute approximate surface area is 174 Å². The summed E-state index contributed by atoms with van der Waals surface area (Å²) in [5.41, 5.74) is 0.628. The summed E-state index contributed by atoms with van der Waals surface area (Å²) < 4.78 is 109. The molecule has 7 nitrogen and oxygen atoms in total. The average Bonchev–Trinajstić information content (AvgIpc) is 2.57. The fraction of sp³-hybridized carbons (Fsp3) is 0.333. The highest BCUT2D eigenvalue weighted by Gasteiger charge is 2.35. The van der Waals surface area contributed by atoms with Crippen LogP contribution in [-0.4, -0.2) is 44.0 Å². The number of halogens is 7. The van der Waals surface area contributed by atoms with Crippen molar-refractivity contribution < 1.29 is 44.2 Å². The van der Waals surface area contributed by atoms with Crippen molar-refractivity contribution in [2.24, 2.45) is 5.14 Å². The maximum absolute atomic E-state index is 12.6. The minimum Gasteiger partial charge on any atom is -0.467 e. The second kappa shape index (κ2) is 8.55. The van der Waals surface area contributed by atoms with E-state index >= 15 is 0 Å². The lowest BCUT2D eigenvalue weighted by molar-refractivity contribution is -0.155. The Hall–Kier alpha value is -2.13. The van der Waals surface area contributed by atoms with Crippen molar-refractivity contribution >= 4 is 26.0 Å². The lowest BCUT2D eigenvalue weighted by Crippen LogP contribution is -2.25. The molecule has 0 atom stereocenters. The Balaban J connectivity index is 2.74. The Morgan fingerprint density at radius 1 is 1.00 bits per heavy atom. The lowest BCUT2D eigenvalue weighted by Gasteiger charge is -2.17. The van der Waals surface area contributed by atoms with Gasteiger partial charge in [0.25, 0.3) is 0 Å². The van der Waals surface area contributed by atoms with E-state index in [0.29, 0.717) is 10.0 Å². The van der Waals surface area contributed by atoms with Gasteiger partial charge in [-0.3, -0.25) is 0 Å². The Morgan fingerprint density at radius 2 is 1.47 bits per heavy atom. The zero-order valence-corrected chi connectivity index (χ0v) is 17.2. The molecular weight excluding hydrogens is 512 g/mol. The monoisotopic (exact) mass is 523 g/mol. The van der Waals surface area contributed by atoms with Gasteiger partial charge in [0.05, 0.1) is 0 Å². The Kier molecular flexibility index (Phi) is 6.88. The maximum Gasteiger partial charge on any atom is 0.422 e. The molecule has 166 valence electrons. The smallest absolute Gasteiger partial charge is 0.422 e. The number of hydrogen-bond donors (Lipinski definition) is 1. The van der Waals surface area contributed by atoms with E-state index in [1.165, 1.54) is 12.1 Å². The highest BCUT2D eigenvalue weighted by Crippen LogP contribution is 2.36. The fourth-order valence-corrected chi connectivity index (χ4v) is 3.18. The van der Waals surface area contributed by atoms with E-state index in [0.717, 1.165) is 0 Å². The van der Waals surface area contributed by atoms with E-state index in [1.807, 2.05) is 0 Å². The first kappa shape index (κ1) is 24.1. The molecule has 2 aromatic rings. The molecule has 2 N–H and O–H groups in total. The summed E-state index contributed by atoms with van der Waals surface area (Å²) in [6, 6.07) is 4.52. The number of rotatable bonds is 6. The number of sulfonamides is 1. The summed E-state index contributed by atoms with van der Waals surface area (Å²) in [5.74, 6) is -2.83. The van der Waals surface area contributed by atoms with Gasteiger partial charge in [0.1, 0.15) is 0 Å². The van der Waals surface area contributed by atoms with Crippen LogP contribution in [0.2, 0.25) is 0 Å². The first-order valence-electron chi connectivity index (χ1n) is 7.68. The summed E-state index contributed by atoms with van der Waals surface area (Å²) >= 11 is 3.21. The highest BCUT2D eigenvalue weighted by atomic mass is 79.9. The molecule has 0 aliphatic carbocycles. The molecule has 2 rings (SSSR count). The van der Waals surface area contributed by atoms with E-state index < -0.39 is 58.1 Å². The zero-order chi connectivity index (χ0) is 22.9. The van der Waals surface area contributed by atoms with Crippen LogP contribution in [0, 0.1) is 6.92 Å². The molecule has 0 aliphatic heterocycles. The van der Waals surface area contributed by atoms with Gasteiger partial charge in [-0.1, -0.05) is 28.1 Å². The number of ether oxygens (including phenoxy) is 2. The van der Waals surface area contributed by atoms with Crippen LogP contribution in [0.5, 0.6) is 11.8 Å². The van der Waals surface area contributed by atoms with Gasteiger partial charge in [0.15, 0.2) is 19.0 Å². The predicted molar refractivity (Wildman–Crippen MR) is 94.4 cm³/mol. The number of aromatic nitrogens is 2. The topological polar surface area (TPSA) is 104 Å². The third-order valence-corrected chi connectivity index (χ3v) is 5.12. The average molecular weight is 524 g/mol. The second-order valence-electron chi connectivity index (χ2n) is 5.75. The molecule has 1 aromatic carbocycles. The van der Waals surface area contributed by atoms with Crippen LogP contribution in [0.1, 0.15) is 5.56 Å². The van der Waals surface area contributed by atoms with Gasteiger partial charge in [-0.05, 0) is 18.6 Å². The molecule has 0 radical (unpaired) electrons. The van der Waals surface area contributed by atoms with Crippen LogP contribution in [-0.2, 0) is 10.0 Å². The van der Waals surface area contributed by atoms with Crippen LogP contribution in [0.3, 0.4) is 0 Å². The largest absolute Gasteiger partial charge is 0.467 e. The minimum absolute atomic E-state index is 0.166. The standard InChI is InChI=1S/C15H12BrF6N3O4S/c1-7-8(3-2-4-9(7)16)11-24-12(28-5-14(17,18)19)10(30(23,26)27)13(25-11)29-6-15(20,21)22/h2-4H,5-6H2,1H3,(H2,23,26,27). The van der Waals surface area contributed by atoms with Crippen LogP contribution >= 0.6 is 15.9 Å². The van der Waals surface area contributed by atoms with E-state index in [1.54, 1.807) is 13.0 Å². The number of benzene rings is 1. The van der Waals surface area contributed by atoms with Crippen LogP contribution < -0.4 is 14.6 Å². The maximum atomic E-state index is 12.6. The first-order chi connectivity index (χ1) is 13.6. The molecule has 1 heterocycles. The number of alkyl halides is 6. The Morgan fingerprint density at radius 3 is 1.87 bits per heavy atom. The van der Waals surface area contributed by atoms with Crippen LogP contribution in [0.25, 0.3) is 11.4 Å². The SMILES string of the molecule is Cc1c(Br)cccc1-c1nc(OCC(F)(F)F)c(S(N)(=O)=O)c(OCC(F)(F)F)n1. The van der Waals surface area contributed by atoms with Crippen LogP contribution in [0.4, 0.5) is 26.3 Å². The van der Waals surface area contributed by atoms with E-state index in [4.69, 9.17) is 5.14 Å². The molecule has 0 fully saturated rings. The van der Waals surface area contributed by atoms with Gasteiger partial charge < -0.3 is 9.47 Å². The fourth-order valence-electron chi connectivity index (χ4n) is 2.12. The van der Waals surface area contributed by atoms with Gasteiger partial charge in [0, 0.05) is 10.0 Å². The molecule has 0 spiro atoms. The van der Waals surface area contributed by atoms with Gasteiger partial charge in [0.2, 0.25) is 26.7 Å². The van der Waals surface area contributed by atoms with Crippen molar-refractivity contribution in [3.8, 4) is 23.1 Å². The molecular formula is C15H12BrF6N3O4S. The van der Waals surface area contributed by atoms with Gasteiger partial charge >= 0.3 is 12.4 Å². The van der Waals surface area contributed by atoms with Gasteiger partial charge in [-0.15, -0.1) is 0 Å². The van der Waals surface area contributed by atoms with Gasteiger partial charge in [-0.25, -0.2) is 13.6 Å². The minimum atomic E-state index is -4.94. The molecule has 0 amide bonds. The van der Waals surface area contributed by atoms with Gasteiger partial charge in [-0.2, -0.15) is 36.3 Å². The summed E-state index contributed by atoms with van der Waals surface area (Å²) in [4.78, 5) is 5.95. The lowest BCUT2D eigenvalue weighted by atomic mass is 10.1. The van der Waals surface area contributed by atoms with E-state index in [9.17, 15) is 34.8 Å². The third kappa shape index (κ3) is 6.43. The van der Waals surface area contributed by atoms with Crippen molar-refractivity contribution in [3.63, 3.8) is 0 Å². The predicted octanol–water partition coefficient (Wildman–Crippen LogP) is 3.74. The van der Waals surface area contributed by atoms with Crippen molar-refractivity contribution in [3.05, 3.63) is 28.2 Å². The van der Waals surface area contributed by atoms with E-state index in [2.05, 4.69) is 35.4 Å². The molecule has 15 heteroatoms. The van der Waals surface area contributed by atoms with Crippen LogP contribution in [0.15, 0.2) is 27.6 Å². The molecule has 0 saturated carbocycles. The second-order valence-corrected chi connectivity index (χ2v) is 8.10. The number of nitrogens with two attached hydrogens (primary N) is 1. The summed E-state index contributed by atoms with van der Waals surface area (Å²) in [7, 11) is -4.94. The highest BCUT2D eigenvalue weighted by molar-refractivity contribution is 9.10. The number of primary sulfonamides is 1. The molecule has 0 bridgehead atoms.